The molecule has 0 aromatic rings. The molecule has 0 radical (unpaired) electrons. The lowest BCUT2D eigenvalue weighted by Gasteiger charge is -2.40. The fraction of sp³-hybridized carbons (Fsp3) is 0.935. The van der Waals surface area contributed by atoms with Gasteiger partial charge in [0.2, 0.25) is 5.91 Å². The Bertz CT molecular complexity index is 939. The van der Waals surface area contributed by atoms with E-state index in [-0.39, 0.29) is 6.42 Å². The van der Waals surface area contributed by atoms with Gasteiger partial charge in [0.05, 0.1) is 25.4 Å². The molecule has 8 N–H and O–H groups in total. The first-order chi connectivity index (χ1) is 27.7. The van der Waals surface area contributed by atoms with Gasteiger partial charge >= 0.3 is 0 Å². The number of ether oxygens (including phenoxy) is 2. The summed E-state index contributed by atoms with van der Waals surface area (Å²) >= 11 is 0. The van der Waals surface area contributed by atoms with Gasteiger partial charge in [0.1, 0.15) is 36.6 Å². The van der Waals surface area contributed by atoms with Crippen molar-refractivity contribution in [1.29, 1.82) is 0 Å². The van der Waals surface area contributed by atoms with Crippen LogP contribution in [0, 0.1) is 0 Å². The third-order valence-corrected chi connectivity index (χ3v) is 11.6. The monoisotopic (exact) mass is 816 g/mol. The maximum absolute atomic E-state index is 13.1. The minimum atomic E-state index is -1.66. The number of amides is 1. The van der Waals surface area contributed by atoms with Crippen LogP contribution >= 0.6 is 0 Å². The molecule has 1 fully saturated rings. The van der Waals surface area contributed by atoms with Crippen LogP contribution < -0.4 is 5.32 Å². The smallest absolute Gasteiger partial charge is 0.249 e. The Kier molecular flexibility index (Phi) is 34.7. The van der Waals surface area contributed by atoms with Crippen LogP contribution in [0.15, 0.2) is 12.2 Å². The van der Waals surface area contributed by atoms with E-state index in [0.717, 1.165) is 38.5 Å². The summed E-state index contributed by atoms with van der Waals surface area (Å²) in [4.78, 5) is 13.1. The molecule has 57 heavy (non-hydrogen) atoms. The van der Waals surface area contributed by atoms with Crippen LogP contribution in [0.2, 0.25) is 0 Å². The third kappa shape index (κ3) is 26.6. The normalized spacial score (nSPS) is 22.2. The van der Waals surface area contributed by atoms with E-state index in [1.807, 2.05) is 0 Å². The first kappa shape index (κ1) is 53.9. The van der Waals surface area contributed by atoms with Crippen LogP contribution in [-0.4, -0.2) is 110 Å². The molecule has 0 aromatic heterocycles. The van der Waals surface area contributed by atoms with E-state index in [0.29, 0.717) is 19.3 Å². The van der Waals surface area contributed by atoms with E-state index < -0.39 is 74.2 Å². The van der Waals surface area contributed by atoms with Crippen molar-refractivity contribution >= 4 is 5.91 Å². The highest BCUT2D eigenvalue weighted by Crippen LogP contribution is 2.23. The second-order valence-corrected chi connectivity index (χ2v) is 16.8. The fourth-order valence-corrected chi connectivity index (χ4v) is 7.61. The highest BCUT2D eigenvalue weighted by molar-refractivity contribution is 5.80. The van der Waals surface area contributed by atoms with Crippen LogP contribution in [0.1, 0.15) is 206 Å². The molecule has 0 saturated carbocycles. The number of aliphatic hydroxyl groups excluding tert-OH is 7. The molecule has 11 nitrogen and oxygen atoms in total. The van der Waals surface area contributed by atoms with Gasteiger partial charge in [0, 0.05) is 0 Å². The Hall–Kier alpha value is -1.15. The number of nitrogens with one attached hydrogen (secondary N) is 1. The zero-order valence-corrected chi connectivity index (χ0v) is 36.3. The number of rotatable bonds is 39. The van der Waals surface area contributed by atoms with Gasteiger partial charge in [-0.25, -0.2) is 0 Å². The topological polar surface area (TPSA) is 189 Å². The molecule has 9 atom stereocenters. The van der Waals surface area contributed by atoms with Crippen LogP contribution in [0.3, 0.4) is 0 Å². The van der Waals surface area contributed by atoms with Gasteiger partial charge in [-0.1, -0.05) is 180 Å². The van der Waals surface area contributed by atoms with Crippen molar-refractivity contribution in [2.24, 2.45) is 0 Å². The Morgan fingerprint density at radius 2 is 1.02 bits per heavy atom. The van der Waals surface area contributed by atoms with E-state index >= 15 is 0 Å². The second kappa shape index (κ2) is 36.7. The molecule has 11 heteroatoms. The summed E-state index contributed by atoms with van der Waals surface area (Å²) in [6.45, 7) is 3.42. The number of hydrogen-bond acceptors (Lipinski definition) is 10. The Balaban J connectivity index is 2.39. The number of allylic oxidation sites excluding steroid dienone is 2. The summed E-state index contributed by atoms with van der Waals surface area (Å²) in [6.07, 6.45) is 26.9. The highest BCUT2D eigenvalue weighted by Gasteiger charge is 2.44. The summed E-state index contributed by atoms with van der Waals surface area (Å²) in [6, 6.07) is -1.16. The van der Waals surface area contributed by atoms with Crippen molar-refractivity contribution in [2.45, 2.75) is 262 Å². The third-order valence-electron chi connectivity index (χ3n) is 11.6. The van der Waals surface area contributed by atoms with E-state index in [1.54, 1.807) is 0 Å². The van der Waals surface area contributed by atoms with Gasteiger partial charge in [0.25, 0.3) is 0 Å². The summed E-state index contributed by atoms with van der Waals surface area (Å²) in [5.74, 6) is -0.698. The summed E-state index contributed by atoms with van der Waals surface area (Å²) in [5.41, 5.74) is 0. The van der Waals surface area contributed by atoms with E-state index in [2.05, 4.69) is 31.3 Å². The maximum Gasteiger partial charge on any atom is 0.249 e. The number of carbonyl (C=O) groups excluding carboxylic acids is 1. The molecule has 338 valence electrons. The molecule has 1 saturated heterocycles. The summed E-state index contributed by atoms with van der Waals surface area (Å²) < 4.78 is 11.1. The van der Waals surface area contributed by atoms with Crippen LogP contribution in [0.5, 0.6) is 0 Å². The highest BCUT2D eigenvalue weighted by atomic mass is 16.7. The molecule has 1 aliphatic heterocycles. The summed E-state index contributed by atoms with van der Waals surface area (Å²) in [5, 5.41) is 75.5. The minimum Gasteiger partial charge on any atom is -0.394 e. The maximum atomic E-state index is 13.1. The van der Waals surface area contributed by atoms with Gasteiger partial charge in [-0.15, -0.1) is 0 Å². The lowest BCUT2D eigenvalue weighted by atomic mass is 9.98. The van der Waals surface area contributed by atoms with Crippen molar-refractivity contribution in [3.8, 4) is 0 Å². The summed E-state index contributed by atoms with van der Waals surface area (Å²) in [7, 11) is 0. The van der Waals surface area contributed by atoms with Gasteiger partial charge < -0.3 is 50.5 Å². The first-order valence-electron chi connectivity index (χ1n) is 23.6. The minimum absolute atomic E-state index is 0.261. The zero-order chi connectivity index (χ0) is 41.9. The van der Waals surface area contributed by atoms with Gasteiger partial charge in [-0.05, 0) is 38.5 Å². The molecule has 0 spiro atoms. The first-order valence-corrected chi connectivity index (χ1v) is 23.6. The average molecular weight is 816 g/mol. The molecule has 0 aromatic carbocycles. The molecule has 0 aliphatic carbocycles. The second-order valence-electron chi connectivity index (χ2n) is 16.8. The van der Waals surface area contributed by atoms with Crippen molar-refractivity contribution in [1.82, 2.24) is 5.32 Å². The van der Waals surface area contributed by atoms with Gasteiger partial charge in [0.15, 0.2) is 6.29 Å². The Labute approximate surface area is 347 Å². The quantitative estimate of drug-likeness (QED) is 0.0226. The molecule has 0 unspecified atom stereocenters. The Morgan fingerprint density at radius 1 is 0.596 bits per heavy atom. The Morgan fingerprint density at radius 3 is 1.47 bits per heavy atom. The van der Waals surface area contributed by atoms with Crippen molar-refractivity contribution < 1.29 is 50.0 Å². The van der Waals surface area contributed by atoms with Crippen LogP contribution in [-0.2, 0) is 14.3 Å². The number of carbonyl (C=O) groups is 1. The molecule has 1 aliphatic rings. The van der Waals surface area contributed by atoms with Crippen molar-refractivity contribution in [3.05, 3.63) is 12.2 Å². The molecule has 1 amide bonds. The molecule has 1 heterocycles. The van der Waals surface area contributed by atoms with E-state index in [1.165, 1.54) is 128 Å². The van der Waals surface area contributed by atoms with E-state index in [9.17, 15) is 40.5 Å². The van der Waals surface area contributed by atoms with Gasteiger partial charge in [-0.3, -0.25) is 4.79 Å². The standard InChI is InChI=1S/C46H89NO10/c1-3-5-7-9-11-13-15-16-17-18-19-20-21-22-23-24-26-28-30-32-34-39(50)45(55)47-37(36-56-46-44(54)43(53)42(52)40(35-48)57-46)41(51)38(49)33-31-29-27-25-14-12-10-8-6-4-2/h16-17,37-44,46,48-54H,3-15,18-36H2,1-2H3,(H,47,55)/b17-16-/t37-,38+,39+,40+,41-,42+,43-,44+,46+/m0/s1. The number of aliphatic hydroxyl groups is 7. The van der Waals surface area contributed by atoms with Crippen molar-refractivity contribution in [3.63, 3.8) is 0 Å². The van der Waals surface area contributed by atoms with Crippen LogP contribution in [0.25, 0.3) is 0 Å². The number of unbranched alkanes of at least 4 members (excludes halogenated alkanes) is 25. The van der Waals surface area contributed by atoms with E-state index in [4.69, 9.17) is 9.47 Å². The molecule has 1 rings (SSSR count). The number of hydrogen-bond donors (Lipinski definition) is 8. The SMILES string of the molecule is CCCCCCCC/C=C\CCCCCCCCCCCC[C@@H](O)C(=O)N[C@@H](CO[C@@H]1O[C@H](CO)[C@@H](O)[C@H](O)[C@H]1O)[C@H](O)[C@H](O)CCCCCCCCCCCC. The average Bonchev–Trinajstić information content (AvgIpc) is 3.21. The lowest BCUT2D eigenvalue weighted by molar-refractivity contribution is -0.303. The molecule has 0 bridgehead atoms. The van der Waals surface area contributed by atoms with Gasteiger partial charge in [-0.2, -0.15) is 0 Å². The lowest BCUT2D eigenvalue weighted by Crippen LogP contribution is -2.60. The molecular formula is C46H89NO10. The van der Waals surface area contributed by atoms with Crippen LogP contribution in [0.4, 0.5) is 0 Å². The fourth-order valence-electron chi connectivity index (χ4n) is 7.61. The van der Waals surface area contributed by atoms with Crippen molar-refractivity contribution in [2.75, 3.05) is 13.2 Å². The largest absolute Gasteiger partial charge is 0.394 e. The predicted octanol–water partition coefficient (Wildman–Crippen LogP) is 7.67. The predicted molar refractivity (Wildman–Crippen MR) is 229 cm³/mol. The zero-order valence-electron chi connectivity index (χ0n) is 36.3. The molecular weight excluding hydrogens is 727 g/mol.